The number of fused-ring (bicyclic) bond motifs is 2. The van der Waals surface area contributed by atoms with Crippen molar-refractivity contribution in [3.05, 3.63) is 66.2 Å². The summed E-state index contributed by atoms with van der Waals surface area (Å²) in [4.78, 5) is 13.5. The molecule has 2 aliphatic rings. The lowest BCUT2D eigenvalue weighted by atomic mass is 10.0. The third kappa shape index (κ3) is 4.47. The zero-order valence-electron chi connectivity index (χ0n) is 19.7. The van der Waals surface area contributed by atoms with E-state index in [1.165, 1.54) is 4.31 Å². The molecule has 184 valence electrons. The van der Waals surface area contributed by atoms with E-state index < -0.39 is 15.9 Å². The lowest BCUT2D eigenvalue weighted by molar-refractivity contribution is -0.127. The van der Waals surface area contributed by atoms with Gasteiger partial charge in [0.15, 0.2) is 0 Å². The van der Waals surface area contributed by atoms with Crippen LogP contribution in [0.25, 0.3) is 10.8 Å². The summed E-state index contributed by atoms with van der Waals surface area (Å²) >= 11 is 0. The number of ether oxygens (including phenoxy) is 1. The van der Waals surface area contributed by atoms with Crippen molar-refractivity contribution in [3.63, 3.8) is 0 Å². The summed E-state index contributed by atoms with van der Waals surface area (Å²) in [6.45, 7) is 5.62. The van der Waals surface area contributed by atoms with E-state index in [1.54, 1.807) is 30.3 Å². The number of carbonyl (C=O) groups excluding carboxylic acids is 1. The Morgan fingerprint density at radius 1 is 1.03 bits per heavy atom. The van der Waals surface area contributed by atoms with Gasteiger partial charge in [0.25, 0.3) is 10.0 Å². The van der Waals surface area contributed by atoms with Gasteiger partial charge in [-0.25, -0.2) is 13.4 Å². The Kier molecular flexibility index (Phi) is 6.64. The zero-order valence-corrected chi connectivity index (χ0v) is 20.6. The molecule has 35 heavy (non-hydrogen) atoms. The van der Waals surface area contributed by atoms with E-state index in [4.69, 9.17) is 4.74 Å². The minimum Gasteiger partial charge on any atom is -0.493 e. The second-order valence-corrected chi connectivity index (χ2v) is 10.6. The molecule has 0 radical (unpaired) electrons. The van der Waals surface area contributed by atoms with Gasteiger partial charge in [0.05, 0.1) is 29.7 Å². The fourth-order valence-corrected chi connectivity index (χ4v) is 6.59. The lowest BCUT2D eigenvalue weighted by Gasteiger charge is -2.24. The third-order valence-electron chi connectivity index (χ3n) is 6.57. The molecule has 0 saturated carbocycles. The van der Waals surface area contributed by atoms with Gasteiger partial charge in [-0.1, -0.05) is 42.5 Å². The van der Waals surface area contributed by atoms with Crippen LogP contribution in [0.3, 0.4) is 0 Å². The Hall–Kier alpha value is -3.14. The van der Waals surface area contributed by atoms with Crippen molar-refractivity contribution in [3.8, 4) is 5.75 Å². The van der Waals surface area contributed by atoms with Gasteiger partial charge < -0.3 is 10.1 Å². The molecule has 0 aromatic heterocycles. The Morgan fingerprint density at radius 2 is 1.80 bits per heavy atom. The van der Waals surface area contributed by atoms with Crippen LogP contribution in [0, 0.1) is 0 Å². The lowest BCUT2D eigenvalue weighted by Crippen LogP contribution is -2.46. The van der Waals surface area contributed by atoms with Crippen molar-refractivity contribution in [2.24, 2.45) is 0 Å². The summed E-state index contributed by atoms with van der Waals surface area (Å²) in [6.07, 6.45) is 0.937. The van der Waals surface area contributed by atoms with Crippen molar-refractivity contribution >= 4 is 32.4 Å². The predicted octanol–water partition coefficient (Wildman–Crippen LogP) is 2.86. The molecule has 1 atom stereocenters. The number of sulfonamides is 1. The number of carbonyl (C=O) groups is 1. The largest absolute Gasteiger partial charge is 0.493 e. The molecule has 0 spiro atoms. The van der Waals surface area contributed by atoms with Gasteiger partial charge >= 0.3 is 0 Å². The molecular formula is C26H30N4O4S. The van der Waals surface area contributed by atoms with E-state index >= 15 is 0 Å². The first-order chi connectivity index (χ1) is 17.0. The zero-order chi connectivity index (χ0) is 24.4. The van der Waals surface area contributed by atoms with Crippen LogP contribution in [0.1, 0.15) is 24.8 Å². The number of amides is 1. The number of hydrogen-bond acceptors (Lipinski definition) is 6. The van der Waals surface area contributed by atoms with Crippen LogP contribution in [0.15, 0.2) is 65.6 Å². The first kappa shape index (κ1) is 23.6. The second kappa shape index (κ2) is 9.85. The average molecular weight is 495 g/mol. The highest BCUT2D eigenvalue weighted by atomic mass is 32.2. The summed E-state index contributed by atoms with van der Waals surface area (Å²) in [5.74, 6) is -0.132. The Bertz CT molecular complexity index is 1340. The van der Waals surface area contributed by atoms with E-state index in [9.17, 15) is 13.2 Å². The SMILES string of the molecule is CCOc1ccc(S(=O)(=O)N2CC(C(=O)NN3CCCNCC3)c3ccccc32)c2ccccc12. The summed E-state index contributed by atoms with van der Waals surface area (Å²) in [6, 6.07) is 17.9. The highest BCUT2D eigenvalue weighted by molar-refractivity contribution is 7.93. The molecule has 5 rings (SSSR count). The maximum absolute atomic E-state index is 14.0. The van der Waals surface area contributed by atoms with Gasteiger partial charge in [0.2, 0.25) is 5.91 Å². The summed E-state index contributed by atoms with van der Waals surface area (Å²) in [5, 5.41) is 6.58. The Morgan fingerprint density at radius 3 is 2.63 bits per heavy atom. The Labute approximate surface area is 205 Å². The molecule has 0 bridgehead atoms. The quantitative estimate of drug-likeness (QED) is 0.548. The van der Waals surface area contributed by atoms with Crippen molar-refractivity contribution in [1.29, 1.82) is 0 Å². The monoisotopic (exact) mass is 494 g/mol. The molecule has 1 saturated heterocycles. The molecule has 1 unspecified atom stereocenters. The Balaban J connectivity index is 1.49. The van der Waals surface area contributed by atoms with E-state index in [-0.39, 0.29) is 17.3 Å². The molecule has 8 nitrogen and oxygen atoms in total. The van der Waals surface area contributed by atoms with Crippen LogP contribution in [-0.4, -0.2) is 58.7 Å². The van der Waals surface area contributed by atoms with E-state index in [2.05, 4.69) is 10.7 Å². The van der Waals surface area contributed by atoms with Gasteiger partial charge in [0.1, 0.15) is 5.75 Å². The third-order valence-corrected chi connectivity index (χ3v) is 8.40. The van der Waals surface area contributed by atoms with Crippen LogP contribution >= 0.6 is 0 Å². The highest BCUT2D eigenvalue weighted by Gasteiger charge is 2.40. The fraction of sp³-hybridized carbons (Fsp3) is 0.346. The van der Waals surface area contributed by atoms with Crippen molar-refractivity contribution < 1.29 is 17.9 Å². The molecule has 9 heteroatoms. The van der Waals surface area contributed by atoms with Crippen molar-refractivity contribution in [1.82, 2.24) is 15.8 Å². The predicted molar refractivity (Wildman–Crippen MR) is 136 cm³/mol. The highest BCUT2D eigenvalue weighted by Crippen LogP contribution is 2.41. The van der Waals surface area contributed by atoms with Gasteiger partial charge in [-0.05, 0) is 43.7 Å². The smallest absolute Gasteiger partial charge is 0.264 e. The molecule has 2 N–H and O–H groups in total. The van der Waals surface area contributed by atoms with Crippen LogP contribution in [-0.2, 0) is 14.8 Å². The van der Waals surface area contributed by atoms with Crippen molar-refractivity contribution in [2.75, 3.05) is 43.6 Å². The molecule has 0 aliphatic carbocycles. The molecule has 1 fully saturated rings. The number of rotatable bonds is 6. The number of hydrazine groups is 1. The van der Waals surface area contributed by atoms with Gasteiger partial charge in [-0.2, -0.15) is 0 Å². The van der Waals surface area contributed by atoms with E-state index in [0.717, 1.165) is 37.0 Å². The minimum absolute atomic E-state index is 0.0567. The normalized spacial score (nSPS) is 18.8. The molecule has 1 amide bonds. The number of nitrogens with zero attached hydrogens (tertiary/aromatic N) is 2. The summed E-state index contributed by atoms with van der Waals surface area (Å²) in [7, 11) is -3.94. The van der Waals surface area contributed by atoms with Crippen LogP contribution in [0.4, 0.5) is 5.69 Å². The first-order valence-electron chi connectivity index (χ1n) is 12.0. The molecule has 2 heterocycles. The topological polar surface area (TPSA) is 91.0 Å². The standard InChI is InChI=1S/C26H30N4O4S/c1-2-34-24-12-13-25(21-10-4-3-9-20(21)24)35(32,33)30-18-22(19-8-5-6-11-23(19)30)26(31)28-29-16-7-14-27-15-17-29/h3-6,8-13,22,27H,2,7,14-18H2,1H3,(H,28,31). The van der Waals surface area contributed by atoms with Crippen LogP contribution in [0.5, 0.6) is 5.75 Å². The van der Waals surface area contributed by atoms with E-state index in [1.807, 2.05) is 42.3 Å². The molecule has 3 aromatic carbocycles. The van der Waals surface area contributed by atoms with Crippen LogP contribution < -0.4 is 19.8 Å². The summed E-state index contributed by atoms with van der Waals surface area (Å²) in [5.41, 5.74) is 4.28. The molecular weight excluding hydrogens is 464 g/mol. The maximum Gasteiger partial charge on any atom is 0.264 e. The number of benzene rings is 3. The molecule has 3 aromatic rings. The van der Waals surface area contributed by atoms with Gasteiger partial charge in [-0.15, -0.1) is 0 Å². The van der Waals surface area contributed by atoms with Gasteiger partial charge in [0, 0.05) is 30.4 Å². The first-order valence-corrected chi connectivity index (χ1v) is 13.5. The minimum atomic E-state index is -3.94. The number of anilines is 1. The fourth-order valence-electron chi connectivity index (χ4n) is 4.88. The number of hydrogen-bond donors (Lipinski definition) is 2. The van der Waals surface area contributed by atoms with E-state index in [0.29, 0.717) is 30.0 Å². The van der Waals surface area contributed by atoms with Crippen molar-refractivity contribution in [2.45, 2.75) is 24.2 Å². The number of para-hydroxylation sites is 1. The second-order valence-electron chi connectivity index (χ2n) is 8.75. The maximum atomic E-state index is 14.0. The van der Waals surface area contributed by atoms with Crippen LogP contribution in [0.2, 0.25) is 0 Å². The van der Waals surface area contributed by atoms with Gasteiger partial charge in [-0.3, -0.25) is 14.5 Å². The number of nitrogens with one attached hydrogen (secondary N) is 2. The average Bonchev–Trinajstić information content (AvgIpc) is 3.09. The summed E-state index contributed by atoms with van der Waals surface area (Å²) < 4.78 is 35.1. The molecule has 2 aliphatic heterocycles.